The van der Waals surface area contributed by atoms with Crippen LogP contribution >= 0.6 is 0 Å². The van der Waals surface area contributed by atoms with E-state index in [0.29, 0.717) is 34.7 Å². The van der Waals surface area contributed by atoms with Crippen molar-refractivity contribution in [1.82, 2.24) is 40.4 Å². The van der Waals surface area contributed by atoms with Crippen LogP contribution in [0.1, 0.15) is 77.1 Å². The number of nitrogens with zero attached hydrogens (tertiary/aromatic N) is 4. The molecule has 2 aliphatic heterocycles. The Morgan fingerprint density at radius 2 is 1.24 bits per heavy atom. The zero-order chi connectivity index (χ0) is 40.6. The van der Waals surface area contributed by atoms with Gasteiger partial charge in [0.15, 0.2) is 0 Å². The van der Waals surface area contributed by atoms with Gasteiger partial charge in [-0.3, -0.25) is 9.59 Å². The lowest BCUT2D eigenvalue weighted by Gasteiger charge is -2.31. The van der Waals surface area contributed by atoms with E-state index in [1.54, 1.807) is 0 Å². The van der Waals surface area contributed by atoms with Crippen LogP contribution in [0.4, 0.5) is 9.59 Å². The van der Waals surface area contributed by atoms with E-state index in [1.165, 1.54) is 7.11 Å². The van der Waals surface area contributed by atoms with Gasteiger partial charge in [-0.1, -0.05) is 45.9 Å². The highest BCUT2D eigenvalue weighted by molar-refractivity contribution is 5.88. The molecule has 4 fully saturated rings. The third kappa shape index (κ3) is 6.85. The third-order valence-corrected chi connectivity index (χ3v) is 12.3. The minimum absolute atomic E-state index is 0.101. The van der Waals surface area contributed by atoms with Crippen molar-refractivity contribution in [2.24, 2.45) is 23.7 Å². The fourth-order valence-electron chi connectivity index (χ4n) is 9.17. The number of likely N-dealkylation sites (tertiary alicyclic amines) is 2. The lowest BCUT2D eigenvalue weighted by atomic mass is 10.0. The van der Waals surface area contributed by atoms with Crippen LogP contribution in [0.25, 0.3) is 33.2 Å². The molecule has 15 nitrogen and oxygen atoms in total. The molecule has 5 aromatic rings. The molecule has 8 atom stereocenters. The maximum Gasteiger partial charge on any atom is 0.407 e. The molecule has 4 heterocycles. The number of carbonyl (C=O) groups excluding carboxylic acids is 3. The Hall–Kier alpha value is -6.12. The molecule has 0 spiro atoms. The van der Waals surface area contributed by atoms with E-state index in [2.05, 4.69) is 20.6 Å². The van der Waals surface area contributed by atoms with Crippen LogP contribution in [0.2, 0.25) is 0 Å². The molecular weight excluding hydrogens is 741 g/mol. The number of carboxylic acid groups (broad SMARTS) is 1. The van der Waals surface area contributed by atoms with Crippen LogP contribution in [0, 0.1) is 23.7 Å². The Morgan fingerprint density at radius 3 is 1.81 bits per heavy atom. The fourth-order valence-corrected chi connectivity index (χ4v) is 9.17. The van der Waals surface area contributed by atoms with Crippen LogP contribution in [0.15, 0.2) is 60.7 Å². The van der Waals surface area contributed by atoms with Gasteiger partial charge >= 0.3 is 12.2 Å². The summed E-state index contributed by atoms with van der Waals surface area (Å²) in [5.74, 6) is 2.86. The Balaban J connectivity index is 0.914. The number of imidazole rings is 2. The molecule has 0 bridgehead atoms. The number of fused-ring (bicyclic) bond motifs is 4. The average Bonchev–Trinajstić information content (AvgIpc) is 3.86. The van der Waals surface area contributed by atoms with Crippen molar-refractivity contribution < 1.29 is 33.8 Å². The van der Waals surface area contributed by atoms with Crippen molar-refractivity contribution in [3.63, 3.8) is 0 Å². The first-order valence-electron chi connectivity index (χ1n) is 20.1. The normalized spacial score (nSPS) is 24.1. The molecule has 302 valence electrons. The maximum absolute atomic E-state index is 13.9. The Bertz CT molecular complexity index is 2440. The number of carbonyl (C=O) groups is 4. The van der Waals surface area contributed by atoms with Gasteiger partial charge in [-0.05, 0) is 96.9 Å². The number of alkyl carbamates (subject to hydrolysis) is 1. The van der Waals surface area contributed by atoms with E-state index in [9.17, 15) is 24.3 Å². The fraction of sp³-hybridized carbons (Fsp3) is 0.442. The van der Waals surface area contributed by atoms with Crippen LogP contribution in [0.3, 0.4) is 0 Å². The van der Waals surface area contributed by atoms with Crippen molar-refractivity contribution in [3.05, 3.63) is 72.3 Å². The van der Waals surface area contributed by atoms with Gasteiger partial charge in [-0.25, -0.2) is 19.6 Å². The summed E-state index contributed by atoms with van der Waals surface area (Å²) in [6.45, 7) is 7.51. The number of hydrogen-bond acceptors (Lipinski definition) is 8. The third-order valence-electron chi connectivity index (χ3n) is 12.3. The van der Waals surface area contributed by atoms with Crippen molar-refractivity contribution >= 4 is 46.1 Å². The number of benzene rings is 3. The van der Waals surface area contributed by atoms with Crippen molar-refractivity contribution in [3.8, 4) is 22.6 Å². The van der Waals surface area contributed by atoms with Gasteiger partial charge in [-0.15, -0.1) is 0 Å². The summed E-state index contributed by atoms with van der Waals surface area (Å²) < 4.78 is 11.2. The molecule has 4 aliphatic rings. The molecular formula is C43H48N8O7. The van der Waals surface area contributed by atoms with E-state index in [1.807, 2.05) is 98.2 Å². The zero-order valence-electron chi connectivity index (χ0n) is 33.1. The molecule has 2 aromatic heterocycles. The summed E-state index contributed by atoms with van der Waals surface area (Å²) in [5, 5.41) is 14.6. The van der Waals surface area contributed by atoms with Crippen LogP contribution < -0.4 is 15.4 Å². The highest BCUT2D eigenvalue weighted by Crippen LogP contribution is 2.54. The van der Waals surface area contributed by atoms with Gasteiger partial charge in [0.25, 0.3) is 0 Å². The summed E-state index contributed by atoms with van der Waals surface area (Å²) in [5.41, 5.74) is 5.09. The van der Waals surface area contributed by atoms with E-state index in [0.717, 1.165) is 59.2 Å². The van der Waals surface area contributed by atoms with Gasteiger partial charge in [0.1, 0.15) is 35.2 Å². The molecule has 3 aromatic carbocycles. The molecule has 2 unspecified atom stereocenters. The number of H-pyrrole nitrogens is 2. The summed E-state index contributed by atoms with van der Waals surface area (Å²) in [6, 6.07) is 17.8. The van der Waals surface area contributed by atoms with E-state index < -0.39 is 24.3 Å². The predicted octanol–water partition coefficient (Wildman–Crippen LogP) is 6.90. The molecule has 5 N–H and O–H groups in total. The van der Waals surface area contributed by atoms with E-state index in [4.69, 9.17) is 19.4 Å². The van der Waals surface area contributed by atoms with E-state index in [-0.39, 0.29) is 47.8 Å². The second-order valence-electron chi connectivity index (χ2n) is 16.9. The number of rotatable bonds is 11. The standard InChI is InChI=1S/C43H48N8O7/c1-20(2)36(48-42(54)55)40(52)50-32-15-24(32)18-35(50)39-45-29-12-10-27(19-31(29)47-39)58-26-8-6-7-22(13-26)23-9-11-28-30(14-23)46-38(44-28)34-17-25-16-33(25)51(34)41(53)37(21(3)4)49-43(56)57-5/h6-14,19-21,24-25,32-37,48H,15-18H2,1-5H3,(H,44,46)(H,45,47)(H,49,56)(H,54,55)/t24?,25?,32-,33-,34+,35+,36-,37-/m1/s1. The Kier molecular flexibility index (Phi) is 9.28. The number of ether oxygens (including phenoxy) is 2. The molecule has 15 heteroatoms. The smallest absolute Gasteiger partial charge is 0.407 e. The largest absolute Gasteiger partial charge is 0.465 e. The molecule has 4 amide bonds. The predicted molar refractivity (Wildman–Crippen MR) is 214 cm³/mol. The van der Waals surface area contributed by atoms with Crippen molar-refractivity contribution in [2.45, 2.75) is 89.6 Å². The van der Waals surface area contributed by atoms with E-state index >= 15 is 0 Å². The minimum Gasteiger partial charge on any atom is -0.465 e. The number of hydrogen-bond donors (Lipinski definition) is 5. The summed E-state index contributed by atoms with van der Waals surface area (Å²) in [6.07, 6.45) is 1.65. The van der Waals surface area contributed by atoms with Crippen LogP contribution in [0.5, 0.6) is 11.5 Å². The van der Waals surface area contributed by atoms with Gasteiger partial charge in [0, 0.05) is 18.2 Å². The highest BCUT2D eigenvalue weighted by atomic mass is 16.5. The number of piperidine rings is 2. The zero-order valence-corrected chi connectivity index (χ0v) is 33.1. The number of methoxy groups -OCH3 is 1. The molecule has 0 radical (unpaired) electrons. The highest BCUT2D eigenvalue weighted by Gasteiger charge is 2.57. The van der Waals surface area contributed by atoms with Crippen molar-refractivity contribution in [2.75, 3.05) is 7.11 Å². The first-order valence-corrected chi connectivity index (χ1v) is 20.1. The van der Waals surface area contributed by atoms with Gasteiger partial charge in [-0.2, -0.15) is 0 Å². The minimum atomic E-state index is -1.21. The number of amides is 4. The molecule has 58 heavy (non-hydrogen) atoms. The van der Waals surface area contributed by atoms with Crippen LogP contribution in [-0.4, -0.2) is 90.1 Å². The lowest BCUT2D eigenvalue weighted by Crippen LogP contribution is -2.52. The first kappa shape index (κ1) is 37.5. The maximum atomic E-state index is 13.9. The molecule has 9 rings (SSSR count). The Labute approximate surface area is 334 Å². The monoisotopic (exact) mass is 788 g/mol. The number of aromatic amines is 2. The lowest BCUT2D eigenvalue weighted by molar-refractivity contribution is -0.137. The van der Waals surface area contributed by atoms with Gasteiger partial charge in [0.05, 0.1) is 41.3 Å². The molecule has 2 saturated carbocycles. The van der Waals surface area contributed by atoms with Gasteiger partial charge < -0.3 is 45.0 Å². The second kappa shape index (κ2) is 14.4. The van der Waals surface area contributed by atoms with Gasteiger partial charge in [0.2, 0.25) is 11.8 Å². The van der Waals surface area contributed by atoms with Crippen molar-refractivity contribution in [1.29, 1.82) is 0 Å². The first-order chi connectivity index (χ1) is 27.9. The molecule has 2 aliphatic carbocycles. The quantitative estimate of drug-likeness (QED) is 0.0947. The molecule has 2 saturated heterocycles. The number of aromatic nitrogens is 4. The number of nitrogens with one attached hydrogen (secondary N) is 4. The summed E-state index contributed by atoms with van der Waals surface area (Å²) >= 11 is 0. The topological polar surface area (TPSA) is 195 Å². The van der Waals surface area contributed by atoms with Crippen LogP contribution in [-0.2, 0) is 14.3 Å². The summed E-state index contributed by atoms with van der Waals surface area (Å²) in [7, 11) is 1.30. The second-order valence-corrected chi connectivity index (χ2v) is 16.9. The average molecular weight is 789 g/mol. The Morgan fingerprint density at radius 1 is 0.707 bits per heavy atom. The summed E-state index contributed by atoms with van der Waals surface area (Å²) in [4.78, 5) is 71.7. The SMILES string of the molecule is COC(=O)N[C@@H](C(=O)N1[C@@H]2CC2C[C@H]1c1nc2cc(-c3cccc(Oc4ccc5[nH]c([C@@H]6CC7C[C@H]7N6C(=O)[C@H](NC(=O)O)C(C)C)nc5c4)c3)ccc2[nH]1)C(C)C.